The monoisotopic (exact) mass is 239 g/mol. The summed E-state index contributed by atoms with van der Waals surface area (Å²) in [5, 5.41) is 5.87. The minimum Gasteiger partial charge on any atom is -0.444 e. The van der Waals surface area contributed by atoms with Crippen LogP contribution < -0.4 is 10.6 Å². The quantitative estimate of drug-likeness (QED) is 0.831. The Balaban J connectivity index is 2.33. The van der Waals surface area contributed by atoms with Crippen molar-refractivity contribution >= 4 is 5.91 Å². The van der Waals surface area contributed by atoms with Gasteiger partial charge < -0.3 is 15.1 Å². The summed E-state index contributed by atoms with van der Waals surface area (Å²) in [6.45, 7) is 10.4. The second-order valence-electron chi connectivity index (χ2n) is 5.13. The van der Waals surface area contributed by atoms with Crippen LogP contribution >= 0.6 is 0 Å². The second-order valence-corrected chi connectivity index (χ2v) is 5.13. The van der Waals surface area contributed by atoms with E-state index in [9.17, 15) is 4.79 Å². The van der Waals surface area contributed by atoms with E-state index in [1.54, 1.807) is 0 Å². The fraction of sp³-hybridized carbons (Fsp3) is 0.667. The van der Waals surface area contributed by atoms with Gasteiger partial charge in [-0.15, -0.1) is 0 Å². The average Bonchev–Trinajstić information content (AvgIpc) is 2.51. The Kier molecular flexibility index (Phi) is 4.28. The van der Waals surface area contributed by atoms with Crippen LogP contribution in [0, 0.1) is 13.8 Å². The Morgan fingerprint density at radius 3 is 2.47 bits per heavy atom. The first kappa shape index (κ1) is 13.7. The van der Waals surface area contributed by atoms with Crippen molar-refractivity contribution in [1.29, 1.82) is 0 Å². The van der Waals surface area contributed by atoms with Crippen LogP contribution in [-0.4, -0.2) is 23.0 Å². The van der Waals surface area contributed by atoms with Crippen LogP contribution in [0.3, 0.4) is 0 Å². The molecule has 0 atom stereocenters. The molecule has 0 unspecified atom stereocenters. The number of hydrogen-bond donors (Lipinski definition) is 2. The maximum atomic E-state index is 11.5. The van der Waals surface area contributed by atoms with Gasteiger partial charge in [0.2, 0.25) is 11.8 Å². The van der Waals surface area contributed by atoms with E-state index in [0.717, 1.165) is 11.5 Å². The first-order valence-corrected chi connectivity index (χ1v) is 5.72. The van der Waals surface area contributed by atoms with E-state index >= 15 is 0 Å². The van der Waals surface area contributed by atoms with E-state index in [1.165, 1.54) is 0 Å². The fourth-order valence-corrected chi connectivity index (χ4v) is 1.20. The predicted molar refractivity (Wildman–Crippen MR) is 65.6 cm³/mol. The van der Waals surface area contributed by atoms with Crippen LogP contribution in [-0.2, 0) is 11.3 Å². The molecule has 1 aromatic rings. The van der Waals surface area contributed by atoms with E-state index in [-0.39, 0.29) is 11.4 Å². The molecule has 1 heterocycles. The summed E-state index contributed by atoms with van der Waals surface area (Å²) < 4.78 is 5.36. The lowest BCUT2D eigenvalue weighted by atomic mass is 10.1. The smallest absolute Gasteiger partial charge is 0.234 e. The number of aryl methyl sites for hydroxylation is 2. The number of oxazole rings is 1. The number of nitrogens with zero attached hydrogens (tertiary/aromatic N) is 1. The third-order valence-corrected chi connectivity index (χ3v) is 2.29. The summed E-state index contributed by atoms with van der Waals surface area (Å²) in [5.41, 5.74) is 0.801. The molecule has 5 nitrogen and oxygen atoms in total. The Morgan fingerprint density at radius 1 is 1.35 bits per heavy atom. The molecule has 2 N–H and O–H groups in total. The molecule has 0 bridgehead atoms. The van der Waals surface area contributed by atoms with Crippen molar-refractivity contribution in [1.82, 2.24) is 15.6 Å². The summed E-state index contributed by atoms with van der Waals surface area (Å²) in [6.07, 6.45) is 0. The Morgan fingerprint density at radius 2 is 2.00 bits per heavy atom. The molecule has 0 spiro atoms. The summed E-state index contributed by atoms with van der Waals surface area (Å²) in [5.74, 6) is 1.28. The number of carbonyl (C=O) groups is 1. The standard InChI is InChI=1S/C12H21N3O2/c1-8-9(2)17-11(15-8)7-13-10(16)6-14-12(3,4)5/h14H,6-7H2,1-5H3,(H,13,16). The van der Waals surface area contributed by atoms with Gasteiger partial charge in [0.05, 0.1) is 18.8 Å². The molecular weight excluding hydrogens is 218 g/mol. The highest BCUT2D eigenvalue weighted by molar-refractivity contribution is 5.77. The van der Waals surface area contributed by atoms with Gasteiger partial charge in [-0.25, -0.2) is 4.98 Å². The van der Waals surface area contributed by atoms with Crippen molar-refractivity contribution in [2.75, 3.05) is 6.54 Å². The molecule has 0 aliphatic carbocycles. The predicted octanol–water partition coefficient (Wildman–Crippen LogP) is 1.30. The van der Waals surface area contributed by atoms with Crippen LogP contribution in [0.25, 0.3) is 0 Å². The molecule has 0 fully saturated rings. The molecular formula is C12H21N3O2. The zero-order valence-electron chi connectivity index (χ0n) is 11.2. The van der Waals surface area contributed by atoms with E-state index in [0.29, 0.717) is 19.0 Å². The zero-order chi connectivity index (χ0) is 13.1. The second kappa shape index (κ2) is 5.31. The van der Waals surface area contributed by atoms with Crippen LogP contribution in [0.1, 0.15) is 38.1 Å². The van der Waals surface area contributed by atoms with Gasteiger partial charge >= 0.3 is 0 Å². The lowest BCUT2D eigenvalue weighted by Gasteiger charge is -2.19. The highest BCUT2D eigenvalue weighted by Gasteiger charge is 2.12. The third kappa shape index (κ3) is 4.99. The van der Waals surface area contributed by atoms with Gasteiger partial charge in [0, 0.05) is 5.54 Å². The normalized spacial score (nSPS) is 11.6. The molecule has 0 saturated carbocycles. The van der Waals surface area contributed by atoms with Crippen LogP contribution in [0.2, 0.25) is 0 Å². The fourth-order valence-electron chi connectivity index (χ4n) is 1.20. The van der Waals surface area contributed by atoms with Crippen molar-refractivity contribution < 1.29 is 9.21 Å². The highest BCUT2D eigenvalue weighted by atomic mass is 16.4. The van der Waals surface area contributed by atoms with Gasteiger partial charge in [-0.3, -0.25) is 4.79 Å². The van der Waals surface area contributed by atoms with Gasteiger partial charge in [-0.1, -0.05) is 0 Å². The van der Waals surface area contributed by atoms with Crippen molar-refractivity contribution in [3.05, 3.63) is 17.3 Å². The highest BCUT2D eigenvalue weighted by Crippen LogP contribution is 2.07. The first-order valence-electron chi connectivity index (χ1n) is 5.72. The molecule has 5 heteroatoms. The molecule has 0 radical (unpaired) electrons. The number of aromatic nitrogens is 1. The minimum absolute atomic E-state index is 0.0616. The maximum Gasteiger partial charge on any atom is 0.234 e. The number of nitrogens with one attached hydrogen (secondary N) is 2. The summed E-state index contributed by atoms with van der Waals surface area (Å²) in [7, 11) is 0. The molecule has 17 heavy (non-hydrogen) atoms. The van der Waals surface area contributed by atoms with E-state index in [1.807, 2.05) is 34.6 Å². The molecule has 1 rings (SSSR count). The first-order chi connectivity index (χ1) is 7.78. The number of hydrogen-bond acceptors (Lipinski definition) is 4. The van der Waals surface area contributed by atoms with Crippen LogP contribution in [0.4, 0.5) is 0 Å². The summed E-state index contributed by atoms with van der Waals surface area (Å²) in [6, 6.07) is 0. The SMILES string of the molecule is Cc1nc(CNC(=O)CNC(C)(C)C)oc1C. The van der Waals surface area contributed by atoms with Gasteiger partial charge in [0.25, 0.3) is 0 Å². The van der Waals surface area contributed by atoms with Crippen molar-refractivity contribution in [3.8, 4) is 0 Å². The number of carbonyl (C=O) groups excluding carboxylic acids is 1. The van der Waals surface area contributed by atoms with Crippen LogP contribution in [0.15, 0.2) is 4.42 Å². The van der Waals surface area contributed by atoms with E-state index in [4.69, 9.17) is 4.42 Å². The average molecular weight is 239 g/mol. The third-order valence-electron chi connectivity index (χ3n) is 2.29. The summed E-state index contributed by atoms with van der Waals surface area (Å²) >= 11 is 0. The number of rotatable bonds is 4. The maximum absolute atomic E-state index is 11.5. The molecule has 1 aromatic heterocycles. The largest absolute Gasteiger partial charge is 0.444 e. The number of amides is 1. The van der Waals surface area contributed by atoms with Crippen molar-refractivity contribution in [2.45, 2.75) is 46.7 Å². The summed E-state index contributed by atoms with van der Waals surface area (Å²) in [4.78, 5) is 15.7. The Bertz CT molecular complexity index is 371. The van der Waals surface area contributed by atoms with E-state index in [2.05, 4.69) is 15.6 Å². The molecule has 0 aliphatic rings. The van der Waals surface area contributed by atoms with Crippen molar-refractivity contribution in [3.63, 3.8) is 0 Å². The molecule has 96 valence electrons. The van der Waals surface area contributed by atoms with Gasteiger partial charge in [0.15, 0.2) is 0 Å². The van der Waals surface area contributed by atoms with Crippen LogP contribution in [0.5, 0.6) is 0 Å². The lowest BCUT2D eigenvalue weighted by molar-refractivity contribution is -0.120. The molecule has 0 saturated heterocycles. The van der Waals surface area contributed by atoms with Crippen molar-refractivity contribution in [2.24, 2.45) is 0 Å². The lowest BCUT2D eigenvalue weighted by Crippen LogP contribution is -2.43. The zero-order valence-corrected chi connectivity index (χ0v) is 11.2. The van der Waals surface area contributed by atoms with Gasteiger partial charge in [0.1, 0.15) is 5.76 Å². The molecule has 0 aliphatic heterocycles. The van der Waals surface area contributed by atoms with Gasteiger partial charge in [-0.05, 0) is 34.6 Å². The Labute approximate surface area is 102 Å². The molecule has 0 aromatic carbocycles. The topological polar surface area (TPSA) is 67.2 Å². The van der Waals surface area contributed by atoms with Gasteiger partial charge in [-0.2, -0.15) is 0 Å². The minimum atomic E-state index is -0.0621. The molecule has 1 amide bonds. The Hall–Kier alpha value is -1.36. The van der Waals surface area contributed by atoms with E-state index < -0.39 is 0 Å².